The standard InChI is InChI=1S/C17H30N2/c1-4-6-12-19(15(3)5-2)14-17(13-18)16-10-8-7-9-11-16/h7-11,15,17H,4-6,12-14,18H2,1-3H3. The molecule has 1 aromatic carbocycles. The van der Waals surface area contributed by atoms with Crippen LogP contribution in [0.15, 0.2) is 30.3 Å². The molecule has 108 valence electrons. The summed E-state index contributed by atoms with van der Waals surface area (Å²) < 4.78 is 0. The van der Waals surface area contributed by atoms with Crippen LogP contribution in [0, 0.1) is 0 Å². The number of unbranched alkanes of at least 4 members (excludes halogenated alkanes) is 1. The van der Waals surface area contributed by atoms with Crippen molar-refractivity contribution in [3.8, 4) is 0 Å². The van der Waals surface area contributed by atoms with E-state index in [1.54, 1.807) is 0 Å². The molecule has 1 aromatic rings. The molecule has 2 N–H and O–H groups in total. The van der Waals surface area contributed by atoms with E-state index in [0.29, 0.717) is 12.0 Å². The first-order valence-corrected chi connectivity index (χ1v) is 7.71. The summed E-state index contributed by atoms with van der Waals surface area (Å²) in [6, 6.07) is 11.3. The Morgan fingerprint density at radius 1 is 1.16 bits per heavy atom. The first kappa shape index (κ1) is 16.2. The van der Waals surface area contributed by atoms with E-state index in [2.05, 4.69) is 56.0 Å². The summed E-state index contributed by atoms with van der Waals surface area (Å²) in [4.78, 5) is 2.61. The number of nitrogens with zero attached hydrogens (tertiary/aromatic N) is 1. The zero-order valence-corrected chi connectivity index (χ0v) is 12.8. The molecule has 0 saturated carbocycles. The molecule has 0 aliphatic rings. The van der Waals surface area contributed by atoms with Crippen LogP contribution in [0.4, 0.5) is 0 Å². The second-order valence-corrected chi connectivity index (χ2v) is 5.45. The minimum absolute atomic E-state index is 0.451. The molecule has 2 nitrogen and oxygen atoms in total. The van der Waals surface area contributed by atoms with Crippen molar-refractivity contribution in [1.82, 2.24) is 4.90 Å². The van der Waals surface area contributed by atoms with Crippen LogP contribution in [0.25, 0.3) is 0 Å². The third-order valence-electron chi connectivity index (χ3n) is 4.02. The SMILES string of the molecule is CCCCN(CC(CN)c1ccccc1)C(C)CC. The lowest BCUT2D eigenvalue weighted by atomic mass is 9.97. The van der Waals surface area contributed by atoms with Crippen LogP contribution in [0.2, 0.25) is 0 Å². The van der Waals surface area contributed by atoms with E-state index in [9.17, 15) is 0 Å². The predicted octanol–water partition coefficient (Wildman–Crippen LogP) is 3.63. The maximum absolute atomic E-state index is 6.00. The van der Waals surface area contributed by atoms with Gasteiger partial charge in [-0.05, 0) is 31.9 Å². The maximum atomic E-state index is 6.00. The molecule has 0 radical (unpaired) electrons. The van der Waals surface area contributed by atoms with Crippen LogP contribution >= 0.6 is 0 Å². The topological polar surface area (TPSA) is 29.3 Å². The van der Waals surface area contributed by atoms with E-state index in [-0.39, 0.29) is 0 Å². The van der Waals surface area contributed by atoms with E-state index >= 15 is 0 Å². The highest BCUT2D eigenvalue weighted by Crippen LogP contribution is 2.18. The van der Waals surface area contributed by atoms with E-state index in [1.807, 2.05) is 0 Å². The summed E-state index contributed by atoms with van der Waals surface area (Å²) in [5.41, 5.74) is 7.37. The third-order valence-corrected chi connectivity index (χ3v) is 4.02. The first-order chi connectivity index (χ1) is 9.22. The fraction of sp³-hybridized carbons (Fsp3) is 0.647. The predicted molar refractivity (Wildman–Crippen MR) is 84.5 cm³/mol. The van der Waals surface area contributed by atoms with Crippen molar-refractivity contribution in [3.63, 3.8) is 0 Å². The van der Waals surface area contributed by atoms with Gasteiger partial charge in [0.15, 0.2) is 0 Å². The zero-order chi connectivity index (χ0) is 14.1. The Balaban J connectivity index is 2.69. The highest BCUT2D eigenvalue weighted by Gasteiger charge is 2.18. The largest absolute Gasteiger partial charge is 0.330 e. The number of rotatable bonds is 9. The lowest BCUT2D eigenvalue weighted by molar-refractivity contribution is 0.189. The summed E-state index contributed by atoms with van der Waals surface area (Å²) in [7, 11) is 0. The minimum Gasteiger partial charge on any atom is -0.330 e. The van der Waals surface area contributed by atoms with Crippen molar-refractivity contribution in [2.45, 2.75) is 52.0 Å². The fourth-order valence-corrected chi connectivity index (χ4v) is 2.44. The molecule has 2 unspecified atom stereocenters. The molecule has 0 spiro atoms. The van der Waals surface area contributed by atoms with Crippen molar-refractivity contribution in [1.29, 1.82) is 0 Å². The molecule has 19 heavy (non-hydrogen) atoms. The summed E-state index contributed by atoms with van der Waals surface area (Å²) in [5, 5.41) is 0. The Hall–Kier alpha value is -0.860. The minimum atomic E-state index is 0.451. The van der Waals surface area contributed by atoms with Gasteiger partial charge in [0.05, 0.1) is 0 Å². The molecule has 0 saturated heterocycles. The molecule has 2 atom stereocenters. The highest BCUT2D eigenvalue weighted by molar-refractivity contribution is 5.20. The molecule has 0 aliphatic heterocycles. The molecule has 0 aromatic heterocycles. The molecule has 0 amide bonds. The molecule has 0 aliphatic carbocycles. The second kappa shape index (κ2) is 9.11. The van der Waals surface area contributed by atoms with Crippen molar-refractivity contribution in [3.05, 3.63) is 35.9 Å². The van der Waals surface area contributed by atoms with Crippen molar-refractivity contribution in [2.24, 2.45) is 5.73 Å². The van der Waals surface area contributed by atoms with E-state index < -0.39 is 0 Å². The lowest BCUT2D eigenvalue weighted by Gasteiger charge is -2.32. The van der Waals surface area contributed by atoms with Crippen LogP contribution in [0.5, 0.6) is 0 Å². The van der Waals surface area contributed by atoms with Gasteiger partial charge in [0.2, 0.25) is 0 Å². The van der Waals surface area contributed by atoms with Gasteiger partial charge in [0.1, 0.15) is 0 Å². The van der Waals surface area contributed by atoms with Crippen LogP contribution < -0.4 is 5.73 Å². The van der Waals surface area contributed by atoms with Gasteiger partial charge in [-0.3, -0.25) is 0 Å². The first-order valence-electron chi connectivity index (χ1n) is 7.71. The normalized spacial score (nSPS) is 14.6. The number of hydrogen-bond acceptors (Lipinski definition) is 2. The number of benzene rings is 1. The molecule has 0 fully saturated rings. The zero-order valence-electron chi connectivity index (χ0n) is 12.8. The van der Waals surface area contributed by atoms with E-state index in [4.69, 9.17) is 5.73 Å². The van der Waals surface area contributed by atoms with Gasteiger partial charge in [-0.15, -0.1) is 0 Å². The van der Waals surface area contributed by atoms with E-state index in [1.165, 1.54) is 31.4 Å². The van der Waals surface area contributed by atoms with Crippen LogP contribution in [-0.2, 0) is 0 Å². The summed E-state index contributed by atoms with van der Waals surface area (Å²) >= 11 is 0. The monoisotopic (exact) mass is 262 g/mol. The summed E-state index contributed by atoms with van der Waals surface area (Å²) in [6.45, 7) is 9.84. The Kier molecular flexibility index (Phi) is 7.76. The Morgan fingerprint density at radius 3 is 2.37 bits per heavy atom. The third kappa shape index (κ3) is 5.33. The van der Waals surface area contributed by atoms with Crippen molar-refractivity contribution in [2.75, 3.05) is 19.6 Å². The number of hydrogen-bond donors (Lipinski definition) is 1. The van der Waals surface area contributed by atoms with E-state index in [0.717, 1.165) is 13.1 Å². The highest BCUT2D eigenvalue weighted by atomic mass is 15.1. The van der Waals surface area contributed by atoms with Gasteiger partial charge in [0.25, 0.3) is 0 Å². The fourth-order valence-electron chi connectivity index (χ4n) is 2.44. The smallest absolute Gasteiger partial charge is 0.00889 e. The number of nitrogens with two attached hydrogens (primary N) is 1. The molecular weight excluding hydrogens is 232 g/mol. The van der Waals surface area contributed by atoms with Gasteiger partial charge < -0.3 is 10.6 Å². The second-order valence-electron chi connectivity index (χ2n) is 5.45. The average molecular weight is 262 g/mol. The molecular formula is C17H30N2. The maximum Gasteiger partial charge on any atom is 0.00889 e. The molecule has 0 heterocycles. The summed E-state index contributed by atoms with van der Waals surface area (Å²) in [5.74, 6) is 0.451. The summed E-state index contributed by atoms with van der Waals surface area (Å²) in [6.07, 6.45) is 3.73. The van der Waals surface area contributed by atoms with Crippen molar-refractivity contribution >= 4 is 0 Å². The average Bonchev–Trinajstić information content (AvgIpc) is 2.47. The van der Waals surface area contributed by atoms with Gasteiger partial charge in [0, 0.05) is 25.0 Å². The van der Waals surface area contributed by atoms with Gasteiger partial charge in [-0.1, -0.05) is 50.6 Å². The van der Waals surface area contributed by atoms with Gasteiger partial charge >= 0.3 is 0 Å². The Bertz CT molecular complexity index is 323. The van der Waals surface area contributed by atoms with Crippen LogP contribution in [0.1, 0.15) is 51.5 Å². The lowest BCUT2D eigenvalue weighted by Crippen LogP contribution is -2.38. The Labute approximate surface area is 119 Å². The molecule has 1 rings (SSSR count). The quantitative estimate of drug-likeness (QED) is 0.736. The van der Waals surface area contributed by atoms with Gasteiger partial charge in [-0.2, -0.15) is 0 Å². The van der Waals surface area contributed by atoms with Crippen molar-refractivity contribution < 1.29 is 0 Å². The molecule has 0 bridgehead atoms. The van der Waals surface area contributed by atoms with Gasteiger partial charge in [-0.25, -0.2) is 0 Å². The van der Waals surface area contributed by atoms with Crippen LogP contribution in [-0.4, -0.2) is 30.6 Å². The molecule has 2 heteroatoms. The van der Waals surface area contributed by atoms with Crippen LogP contribution in [0.3, 0.4) is 0 Å². The Morgan fingerprint density at radius 2 is 1.84 bits per heavy atom.